The van der Waals surface area contributed by atoms with Gasteiger partial charge in [0.1, 0.15) is 0 Å². The largest absolute Gasteiger partial charge is 0.372 e. The average Bonchev–Trinajstić information content (AvgIpc) is 2.99. The van der Waals surface area contributed by atoms with Crippen molar-refractivity contribution < 1.29 is 14.3 Å². The Labute approximate surface area is 147 Å². The Hall–Kier alpha value is -1.40. The van der Waals surface area contributed by atoms with Crippen LogP contribution in [0.15, 0.2) is 12.1 Å². The van der Waals surface area contributed by atoms with E-state index >= 15 is 0 Å². The summed E-state index contributed by atoms with van der Waals surface area (Å²) < 4.78 is 5.71. The van der Waals surface area contributed by atoms with E-state index in [1.54, 1.807) is 0 Å². The van der Waals surface area contributed by atoms with Gasteiger partial charge >= 0.3 is 0 Å². The van der Waals surface area contributed by atoms with Gasteiger partial charge in [0.15, 0.2) is 0 Å². The Morgan fingerprint density at radius 2 is 1.71 bits per heavy atom. The van der Waals surface area contributed by atoms with Crippen LogP contribution in [0, 0.1) is 12.8 Å². The Balaban J connectivity index is 1.55. The zero-order valence-corrected chi connectivity index (χ0v) is 15.5. The number of rotatable bonds is 2. The molecule has 0 N–H and O–H groups in total. The molecule has 0 aliphatic carbocycles. The van der Waals surface area contributed by atoms with E-state index in [1.807, 2.05) is 42.7 Å². The van der Waals surface area contributed by atoms with Crippen molar-refractivity contribution >= 4 is 23.2 Å². The summed E-state index contributed by atoms with van der Waals surface area (Å²) >= 11 is 1.54. The molecule has 3 rings (SSSR count). The van der Waals surface area contributed by atoms with Crippen LogP contribution in [-0.2, 0) is 9.53 Å². The third-order valence-corrected chi connectivity index (χ3v) is 5.80. The monoisotopic (exact) mass is 350 g/mol. The number of hydrogen-bond acceptors (Lipinski definition) is 4. The number of amides is 2. The van der Waals surface area contributed by atoms with Crippen LogP contribution in [0.1, 0.15) is 41.2 Å². The smallest absolute Gasteiger partial charge is 0.263 e. The Morgan fingerprint density at radius 3 is 2.25 bits per heavy atom. The lowest BCUT2D eigenvalue weighted by molar-refractivity contribution is -0.148. The first-order valence-electron chi connectivity index (χ1n) is 8.74. The fourth-order valence-electron chi connectivity index (χ4n) is 3.65. The van der Waals surface area contributed by atoms with Gasteiger partial charge in [0.25, 0.3) is 5.91 Å². The maximum atomic E-state index is 12.8. The highest BCUT2D eigenvalue weighted by atomic mass is 32.1. The standard InChI is InChI=1S/C18H26N2O3S/c1-12-10-20(11-13(2)23-12)17(21)15-6-8-19(9-7-15)18(22)16-5-4-14(3)24-16/h4-5,12-13,15H,6-11H2,1-3H3. The van der Waals surface area contributed by atoms with Crippen molar-refractivity contribution in [1.29, 1.82) is 0 Å². The molecule has 5 nitrogen and oxygen atoms in total. The topological polar surface area (TPSA) is 49.9 Å². The van der Waals surface area contributed by atoms with E-state index in [0.717, 1.165) is 22.6 Å². The van der Waals surface area contributed by atoms with Crippen LogP contribution in [0.25, 0.3) is 0 Å². The lowest BCUT2D eigenvalue weighted by Crippen LogP contribution is -2.51. The van der Waals surface area contributed by atoms with E-state index in [9.17, 15) is 9.59 Å². The number of likely N-dealkylation sites (tertiary alicyclic amines) is 1. The molecule has 3 heterocycles. The summed E-state index contributed by atoms with van der Waals surface area (Å²) in [6.45, 7) is 8.73. The van der Waals surface area contributed by atoms with Crippen molar-refractivity contribution in [3.63, 3.8) is 0 Å². The maximum Gasteiger partial charge on any atom is 0.263 e. The highest BCUT2D eigenvalue weighted by Crippen LogP contribution is 2.25. The molecule has 2 amide bonds. The third-order valence-electron chi connectivity index (χ3n) is 4.81. The normalized spacial score (nSPS) is 25.8. The molecule has 0 bridgehead atoms. The van der Waals surface area contributed by atoms with E-state index in [2.05, 4.69) is 0 Å². The van der Waals surface area contributed by atoms with Gasteiger partial charge in [-0.1, -0.05) is 0 Å². The molecule has 2 saturated heterocycles. The fraction of sp³-hybridized carbons (Fsp3) is 0.667. The third kappa shape index (κ3) is 3.81. The molecule has 2 atom stereocenters. The van der Waals surface area contributed by atoms with Crippen LogP contribution < -0.4 is 0 Å². The molecule has 2 unspecified atom stereocenters. The number of morpholine rings is 1. The minimum absolute atomic E-state index is 0.0385. The van der Waals surface area contributed by atoms with Crippen molar-refractivity contribution in [3.05, 3.63) is 21.9 Å². The summed E-state index contributed by atoms with van der Waals surface area (Å²) in [5, 5.41) is 0. The summed E-state index contributed by atoms with van der Waals surface area (Å²) in [5.41, 5.74) is 0. The molecule has 0 radical (unpaired) electrons. The molecule has 6 heteroatoms. The summed E-state index contributed by atoms with van der Waals surface area (Å²) in [4.78, 5) is 31.1. The van der Waals surface area contributed by atoms with Crippen LogP contribution in [0.3, 0.4) is 0 Å². The average molecular weight is 350 g/mol. The first-order valence-corrected chi connectivity index (χ1v) is 9.55. The van der Waals surface area contributed by atoms with Crippen molar-refractivity contribution in [1.82, 2.24) is 9.80 Å². The van der Waals surface area contributed by atoms with Gasteiger partial charge in [-0.15, -0.1) is 11.3 Å². The van der Waals surface area contributed by atoms with Crippen LogP contribution >= 0.6 is 11.3 Å². The molecule has 1 aromatic heterocycles. The van der Waals surface area contributed by atoms with Gasteiger partial charge in [0.05, 0.1) is 17.1 Å². The van der Waals surface area contributed by atoms with E-state index in [1.165, 1.54) is 11.3 Å². The molecular formula is C18H26N2O3S. The lowest BCUT2D eigenvalue weighted by atomic mass is 9.94. The number of nitrogens with zero attached hydrogens (tertiary/aromatic N) is 2. The fourth-order valence-corrected chi connectivity index (χ4v) is 4.49. The van der Waals surface area contributed by atoms with Crippen LogP contribution in [-0.4, -0.2) is 60.0 Å². The first-order chi connectivity index (χ1) is 11.4. The number of carbonyl (C=O) groups is 2. The van der Waals surface area contributed by atoms with Gasteiger partial charge in [-0.2, -0.15) is 0 Å². The molecule has 0 spiro atoms. The second-order valence-corrected chi connectivity index (χ2v) is 8.27. The molecule has 0 saturated carbocycles. The second kappa shape index (κ2) is 7.23. The van der Waals surface area contributed by atoms with Gasteiger partial charge in [0, 0.05) is 37.0 Å². The van der Waals surface area contributed by atoms with Crippen molar-refractivity contribution in [2.24, 2.45) is 5.92 Å². The van der Waals surface area contributed by atoms with E-state index in [0.29, 0.717) is 26.2 Å². The molecular weight excluding hydrogens is 324 g/mol. The van der Waals surface area contributed by atoms with Gasteiger partial charge in [0.2, 0.25) is 5.91 Å². The van der Waals surface area contributed by atoms with Crippen molar-refractivity contribution in [3.8, 4) is 0 Å². The number of piperidine rings is 1. The molecule has 1 aromatic rings. The predicted octanol–water partition coefficient (Wildman–Crippen LogP) is 2.54. The summed E-state index contributed by atoms with van der Waals surface area (Å²) in [5.74, 6) is 0.375. The van der Waals surface area contributed by atoms with Crippen LogP contribution in [0.5, 0.6) is 0 Å². The zero-order valence-electron chi connectivity index (χ0n) is 14.7. The zero-order chi connectivity index (χ0) is 17.3. The van der Waals surface area contributed by atoms with Crippen molar-refractivity contribution in [2.45, 2.75) is 45.8 Å². The number of hydrogen-bond donors (Lipinski definition) is 0. The molecule has 2 fully saturated rings. The van der Waals surface area contributed by atoms with Crippen molar-refractivity contribution in [2.75, 3.05) is 26.2 Å². The van der Waals surface area contributed by atoms with Crippen LogP contribution in [0.2, 0.25) is 0 Å². The van der Waals surface area contributed by atoms with Gasteiger partial charge in [-0.3, -0.25) is 9.59 Å². The van der Waals surface area contributed by atoms with Gasteiger partial charge < -0.3 is 14.5 Å². The highest BCUT2D eigenvalue weighted by Gasteiger charge is 2.33. The Morgan fingerprint density at radius 1 is 1.08 bits per heavy atom. The van der Waals surface area contributed by atoms with Crippen LogP contribution in [0.4, 0.5) is 0 Å². The number of ether oxygens (including phenoxy) is 1. The molecule has 2 aliphatic rings. The molecule has 132 valence electrons. The maximum absolute atomic E-state index is 12.8. The van der Waals surface area contributed by atoms with Gasteiger partial charge in [-0.05, 0) is 45.7 Å². The number of carbonyl (C=O) groups excluding carboxylic acids is 2. The molecule has 2 aliphatic heterocycles. The summed E-state index contributed by atoms with van der Waals surface area (Å²) in [7, 11) is 0. The summed E-state index contributed by atoms with van der Waals surface area (Å²) in [6, 6.07) is 3.88. The quantitative estimate of drug-likeness (QED) is 0.824. The van der Waals surface area contributed by atoms with E-state index < -0.39 is 0 Å². The Bertz CT molecular complexity index is 597. The van der Waals surface area contributed by atoms with E-state index in [-0.39, 0.29) is 29.9 Å². The SMILES string of the molecule is Cc1ccc(C(=O)N2CCC(C(=O)N3CC(C)OC(C)C3)CC2)s1. The lowest BCUT2D eigenvalue weighted by Gasteiger charge is -2.39. The number of aryl methyl sites for hydroxylation is 1. The second-order valence-electron chi connectivity index (χ2n) is 6.98. The minimum Gasteiger partial charge on any atom is -0.372 e. The minimum atomic E-state index is 0.0385. The molecule has 0 aromatic carbocycles. The van der Waals surface area contributed by atoms with Gasteiger partial charge in [-0.25, -0.2) is 0 Å². The Kier molecular flexibility index (Phi) is 5.25. The van der Waals surface area contributed by atoms with E-state index in [4.69, 9.17) is 4.74 Å². The first kappa shape index (κ1) is 17.4. The predicted molar refractivity (Wildman–Crippen MR) is 94.3 cm³/mol. The highest BCUT2D eigenvalue weighted by molar-refractivity contribution is 7.13. The molecule has 24 heavy (non-hydrogen) atoms. The summed E-state index contributed by atoms with van der Waals surface area (Å²) in [6.07, 6.45) is 1.72. The number of thiophene rings is 1.